The predicted octanol–water partition coefficient (Wildman–Crippen LogP) is 2.79. The van der Waals surface area contributed by atoms with Crippen LogP contribution in [-0.4, -0.2) is 22.6 Å². The molecule has 1 aromatic carbocycles. The van der Waals surface area contributed by atoms with Gasteiger partial charge in [0.1, 0.15) is 5.84 Å². The molecule has 0 fully saturated rings. The van der Waals surface area contributed by atoms with Crippen molar-refractivity contribution >= 4 is 12.1 Å². The Hall–Kier alpha value is -2.49. The fraction of sp³-hybridized carbons (Fsp3) is 0.235. The Kier molecular flexibility index (Phi) is 3.52. The van der Waals surface area contributed by atoms with E-state index in [1.807, 2.05) is 18.2 Å². The van der Waals surface area contributed by atoms with Crippen LogP contribution in [0.2, 0.25) is 0 Å². The molecule has 0 amide bonds. The number of hydrogen-bond donors (Lipinski definition) is 1. The molecule has 106 valence electrons. The summed E-state index contributed by atoms with van der Waals surface area (Å²) in [5.74, 6) is 0.826. The molecule has 0 saturated heterocycles. The van der Waals surface area contributed by atoms with Crippen LogP contribution in [0.3, 0.4) is 0 Å². The molecule has 0 atom stereocenters. The first kappa shape index (κ1) is 13.5. The Morgan fingerprint density at radius 2 is 1.90 bits per heavy atom. The monoisotopic (exact) mass is 278 g/mol. The highest BCUT2D eigenvalue weighted by atomic mass is 15.3. The van der Waals surface area contributed by atoms with Crippen LogP contribution in [0.4, 0.5) is 0 Å². The normalized spacial score (nSPS) is 16.4. The lowest BCUT2D eigenvalue weighted by molar-refractivity contribution is 0.509. The van der Waals surface area contributed by atoms with Gasteiger partial charge in [0, 0.05) is 18.0 Å². The Bertz CT molecular complexity index is 687. The van der Waals surface area contributed by atoms with Gasteiger partial charge in [-0.25, -0.2) is 0 Å². The van der Waals surface area contributed by atoms with E-state index in [1.165, 1.54) is 5.56 Å². The van der Waals surface area contributed by atoms with Gasteiger partial charge in [0.2, 0.25) is 0 Å². The molecule has 0 aliphatic carbocycles. The van der Waals surface area contributed by atoms with Crippen molar-refractivity contribution in [1.29, 1.82) is 0 Å². The van der Waals surface area contributed by atoms with Crippen LogP contribution >= 0.6 is 0 Å². The van der Waals surface area contributed by atoms with Crippen molar-refractivity contribution in [2.45, 2.75) is 25.8 Å². The van der Waals surface area contributed by atoms with Crippen LogP contribution in [0, 0.1) is 0 Å². The summed E-state index contributed by atoms with van der Waals surface area (Å²) in [7, 11) is 0. The molecule has 0 radical (unpaired) electrons. The zero-order valence-corrected chi connectivity index (χ0v) is 12.2. The number of hydrazone groups is 1. The maximum absolute atomic E-state index is 4.77. The van der Waals surface area contributed by atoms with Gasteiger partial charge in [0.05, 0.1) is 11.8 Å². The number of pyridine rings is 1. The standard InChI is InChI=1S/C17H18N4/c1-17(2)11-14-5-3-4-6-15(14)16(20-17)21-19-12-13-7-9-18-10-8-13/h3-10,12H,11H2,1-2H3,(H,20,21). The SMILES string of the molecule is CC1(C)Cc2ccccc2C(NN=Cc2ccncc2)=N1. The summed E-state index contributed by atoms with van der Waals surface area (Å²) in [4.78, 5) is 8.75. The van der Waals surface area contributed by atoms with E-state index < -0.39 is 0 Å². The molecule has 2 heterocycles. The lowest BCUT2D eigenvalue weighted by atomic mass is 9.89. The minimum atomic E-state index is -0.108. The van der Waals surface area contributed by atoms with Crippen LogP contribution in [0.1, 0.15) is 30.5 Å². The van der Waals surface area contributed by atoms with Crippen molar-refractivity contribution in [1.82, 2.24) is 10.4 Å². The van der Waals surface area contributed by atoms with Gasteiger partial charge in [0.25, 0.3) is 0 Å². The number of hydrogen-bond acceptors (Lipinski definition) is 4. The number of nitrogens with zero attached hydrogens (tertiary/aromatic N) is 3. The van der Waals surface area contributed by atoms with E-state index in [0.29, 0.717) is 0 Å². The molecule has 4 heteroatoms. The Balaban J connectivity index is 1.83. The Morgan fingerprint density at radius 3 is 2.71 bits per heavy atom. The van der Waals surface area contributed by atoms with E-state index in [2.05, 4.69) is 47.6 Å². The highest BCUT2D eigenvalue weighted by Crippen LogP contribution is 2.25. The fourth-order valence-electron chi connectivity index (χ4n) is 2.48. The first-order valence-corrected chi connectivity index (χ1v) is 7.01. The van der Waals surface area contributed by atoms with Crippen molar-refractivity contribution < 1.29 is 0 Å². The second kappa shape index (κ2) is 5.48. The maximum atomic E-state index is 4.77. The second-order valence-corrected chi connectivity index (χ2v) is 5.76. The molecule has 21 heavy (non-hydrogen) atoms. The molecular formula is C17H18N4. The van der Waals surface area contributed by atoms with E-state index in [4.69, 9.17) is 4.99 Å². The number of aliphatic imine (C=N–C) groups is 1. The third-order valence-electron chi connectivity index (χ3n) is 3.40. The minimum Gasteiger partial charge on any atom is -0.265 e. The first-order chi connectivity index (χ1) is 10.1. The zero-order chi connectivity index (χ0) is 14.7. The molecule has 1 aliphatic rings. The van der Waals surface area contributed by atoms with Crippen LogP contribution < -0.4 is 5.43 Å². The van der Waals surface area contributed by atoms with Crippen LogP contribution in [-0.2, 0) is 6.42 Å². The number of fused-ring (bicyclic) bond motifs is 1. The Labute approximate surface area is 124 Å². The average Bonchev–Trinajstić information content (AvgIpc) is 2.47. The van der Waals surface area contributed by atoms with Gasteiger partial charge in [-0.2, -0.15) is 5.10 Å². The van der Waals surface area contributed by atoms with E-state index in [9.17, 15) is 0 Å². The number of amidine groups is 1. The average molecular weight is 278 g/mol. The van der Waals surface area contributed by atoms with Gasteiger partial charge in [-0.05, 0) is 43.5 Å². The highest BCUT2D eigenvalue weighted by molar-refractivity contribution is 6.01. The van der Waals surface area contributed by atoms with Crippen LogP contribution in [0.5, 0.6) is 0 Å². The summed E-state index contributed by atoms with van der Waals surface area (Å²) in [5, 5.41) is 4.30. The molecule has 0 bridgehead atoms. The van der Waals surface area contributed by atoms with E-state index >= 15 is 0 Å². The highest BCUT2D eigenvalue weighted by Gasteiger charge is 2.26. The third kappa shape index (κ3) is 3.16. The molecule has 1 aromatic heterocycles. The van der Waals surface area contributed by atoms with Crippen molar-refractivity contribution in [2.24, 2.45) is 10.1 Å². The molecule has 0 unspecified atom stereocenters. The predicted molar refractivity (Wildman–Crippen MR) is 85.7 cm³/mol. The van der Waals surface area contributed by atoms with Gasteiger partial charge in [0.15, 0.2) is 0 Å². The van der Waals surface area contributed by atoms with Gasteiger partial charge in [-0.1, -0.05) is 24.3 Å². The smallest absolute Gasteiger partial charge is 0.149 e. The van der Waals surface area contributed by atoms with Gasteiger partial charge in [-0.3, -0.25) is 15.4 Å². The molecule has 1 N–H and O–H groups in total. The number of aromatic nitrogens is 1. The number of nitrogens with one attached hydrogen (secondary N) is 1. The van der Waals surface area contributed by atoms with Gasteiger partial charge in [-0.15, -0.1) is 0 Å². The summed E-state index contributed by atoms with van der Waals surface area (Å²) in [6.45, 7) is 4.27. The summed E-state index contributed by atoms with van der Waals surface area (Å²) >= 11 is 0. The Morgan fingerprint density at radius 1 is 1.14 bits per heavy atom. The molecule has 0 saturated carbocycles. The lowest BCUT2D eigenvalue weighted by Crippen LogP contribution is -2.34. The summed E-state index contributed by atoms with van der Waals surface area (Å²) in [5.41, 5.74) is 6.41. The topological polar surface area (TPSA) is 49.6 Å². The third-order valence-corrected chi connectivity index (χ3v) is 3.40. The number of benzene rings is 1. The van der Waals surface area contributed by atoms with Crippen molar-refractivity contribution in [3.63, 3.8) is 0 Å². The second-order valence-electron chi connectivity index (χ2n) is 5.76. The minimum absolute atomic E-state index is 0.108. The largest absolute Gasteiger partial charge is 0.265 e. The molecule has 3 rings (SSSR count). The molecular weight excluding hydrogens is 260 g/mol. The maximum Gasteiger partial charge on any atom is 0.149 e. The fourth-order valence-corrected chi connectivity index (χ4v) is 2.48. The molecule has 1 aliphatic heterocycles. The van der Waals surface area contributed by atoms with Crippen molar-refractivity contribution in [3.8, 4) is 0 Å². The summed E-state index contributed by atoms with van der Waals surface area (Å²) in [6.07, 6.45) is 6.21. The molecule has 2 aromatic rings. The first-order valence-electron chi connectivity index (χ1n) is 7.01. The van der Waals surface area contributed by atoms with Crippen LogP contribution in [0.15, 0.2) is 58.9 Å². The quantitative estimate of drug-likeness (QED) is 0.678. The summed E-state index contributed by atoms with van der Waals surface area (Å²) < 4.78 is 0. The van der Waals surface area contributed by atoms with Gasteiger partial charge < -0.3 is 0 Å². The lowest BCUT2D eigenvalue weighted by Gasteiger charge is -2.28. The molecule has 0 spiro atoms. The van der Waals surface area contributed by atoms with Crippen molar-refractivity contribution in [2.75, 3.05) is 0 Å². The number of rotatable bonds is 2. The van der Waals surface area contributed by atoms with E-state index in [-0.39, 0.29) is 5.54 Å². The van der Waals surface area contributed by atoms with E-state index in [0.717, 1.165) is 23.4 Å². The zero-order valence-electron chi connectivity index (χ0n) is 12.2. The van der Waals surface area contributed by atoms with E-state index in [1.54, 1.807) is 18.6 Å². The van der Waals surface area contributed by atoms with Crippen molar-refractivity contribution in [3.05, 3.63) is 65.5 Å². The molecule has 4 nitrogen and oxygen atoms in total. The van der Waals surface area contributed by atoms with Crippen LogP contribution in [0.25, 0.3) is 0 Å². The van der Waals surface area contributed by atoms with Gasteiger partial charge >= 0.3 is 0 Å². The summed E-state index contributed by atoms with van der Waals surface area (Å²) in [6, 6.07) is 12.1.